The van der Waals surface area contributed by atoms with E-state index in [1.807, 2.05) is 66.7 Å². The molecule has 1 aromatic carbocycles. The van der Waals surface area contributed by atoms with E-state index in [1.165, 1.54) is 4.88 Å². The lowest BCUT2D eigenvalue weighted by Crippen LogP contribution is -2.43. The number of nitrogens with zero attached hydrogens (tertiary/aromatic N) is 1. The molecule has 1 atom stereocenters. The molecule has 23 heavy (non-hydrogen) atoms. The third-order valence-corrected chi connectivity index (χ3v) is 4.60. The average molecular weight is 331 g/mol. The molecule has 0 radical (unpaired) electrons. The second-order valence-electron chi connectivity index (χ2n) is 5.32. The molecule has 6 heteroatoms. The largest absolute Gasteiger partial charge is 0.334 e. The highest BCUT2D eigenvalue weighted by atomic mass is 32.1. The van der Waals surface area contributed by atoms with E-state index in [0.717, 1.165) is 5.56 Å². The summed E-state index contributed by atoms with van der Waals surface area (Å²) in [4.78, 5) is 26.8. The standard InChI is InChI=1S/C17H21N3O2S/c1-13(15-9-6-10-23-15)20(2)12-16(21)19-17(22)18-11-14-7-4-3-5-8-14/h3-10,13H,11-12H2,1-2H3,(H2,18,19,21,22). The number of imide groups is 1. The normalized spacial score (nSPS) is 12.0. The molecule has 2 aromatic rings. The van der Waals surface area contributed by atoms with Gasteiger partial charge in [-0.25, -0.2) is 4.79 Å². The van der Waals surface area contributed by atoms with E-state index in [-0.39, 0.29) is 18.5 Å². The molecular formula is C17H21N3O2S. The summed E-state index contributed by atoms with van der Waals surface area (Å²) >= 11 is 1.65. The summed E-state index contributed by atoms with van der Waals surface area (Å²) in [5, 5.41) is 7.04. The Morgan fingerprint density at radius 2 is 1.91 bits per heavy atom. The van der Waals surface area contributed by atoms with Crippen LogP contribution in [0.5, 0.6) is 0 Å². The van der Waals surface area contributed by atoms with E-state index in [9.17, 15) is 9.59 Å². The van der Waals surface area contributed by atoms with E-state index < -0.39 is 6.03 Å². The SMILES string of the molecule is CC(c1cccs1)N(C)CC(=O)NC(=O)NCc1ccccc1. The first kappa shape index (κ1) is 17.2. The zero-order chi connectivity index (χ0) is 16.7. The molecule has 0 bridgehead atoms. The number of nitrogens with one attached hydrogen (secondary N) is 2. The van der Waals surface area contributed by atoms with E-state index in [0.29, 0.717) is 6.54 Å². The Labute approximate surface area is 140 Å². The van der Waals surface area contributed by atoms with Gasteiger partial charge < -0.3 is 5.32 Å². The van der Waals surface area contributed by atoms with Gasteiger partial charge in [-0.15, -0.1) is 11.3 Å². The van der Waals surface area contributed by atoms with E-state index in [1.54, 1.807) is 11.3 Å². The van der Waals surface area contributed by atoms with E-state index in [4.69, 9.17) is 0 Å². The first-order valence-corrected chi connectivity index (χ1v) is 8.29. The number of urea groups is 1. The van der Waals surface area contributed by atoms with Gasteiger partial charge in [-0.1, -0.05) is 36.4 Å². The molecular weight excluding hydrogens is 310 g/mol. The van der Waals surface area contributed by atoms with Gasteiger partial charge in [0.25, 0.3) is 0 Å². The van der Waals surface area contributed by atoms with Gasteiger partial charge in [-0.3, -0.25) is 15.0 Å². The minimum atomic E-state index is -0.476. The number of thiophene rings is 1. The molecule has 2 rings (SSSR count). The van der Waals surface area contributed by atoms with Gasteiger partial charge in [0.15, 0.2) is 0 Å². The summed E-state index contributed by atoms with van der Waals surface area (Å²) in [5.41, 5.74) is 0.985. The van der Waals surface area contributed by atoms with Gasteiger partial charge in [-0.2, -0.15) is 0 Å². The van der Waals surface area contributed by atoms with Crippen LogP contribution in [0.15, 0.2) is 47.8 Å². The maximum absolute atomic E-state index is 11.9. The minimum absolute atomic E-state index is 0.133. The fourth-order valence-corrected chi connectivity index (χ4v) is 2.95. The number of benzene rings is 1. The lowest BCUT2D eigenvalue weighted by Gasteiger charge is -2.22. The Balaban J connectivity index is 1.74. The number of carbonyl (C=O) groups excluding carboxylic acids is 2. The summed E-state index contributed by atoms with van der Waals surface area (Å²) in [6.07, 6.45) is 0. The van der Waals surface area contributed by atoms with Crippen LogP contribution in [0.1, 0.15) is 23.4 Å². The van der Waals surface area contributed by atoms with Crippen LogP contribution >= 0.6 is 11.3 Å². The van der Waals surface area contributed by atoms with Crippen molar-refractivity contribution in [3.05, 3.63) is 58.3 Å². The van der Waals surface area contributed by atoms with Gasteiger partial charge in [0.1, 0.15) is 0 Å². The van der Waals surface area contributed by atoms with Crippen molar-refractivity contribution in [1.82, 2.24) is 15.5 Å². The van der Waals surface area contributed by atoms with Crippen LogP contribution in [0, 0.1) is 0 Å². The summed E-state index contributed by atoms with van der Waals surface area (Å²) in [7, 11) is 1.87. The summed E-state index contributed by atoms with van der Waals surface area (Å²) in [6, 6.07) is 13.2. The molecule has 0 fully saturated rings. The quantitative estimate of drug-likeness (QED) is 0.855. The zero-order valence-corrected chi connectivity index (χ0v) is 14.1. The molecule has 1 unspecified atom stereocenters. The van der Waals surface area contributed by atoms with Crippen LogP contribution in [-0.2, 0) is 11.3 Å². The van der Waals surface area contributed by atoms with Gasteiger partial charge in [-0.05, 0) is 31.0 Å². The number of hydrogen-bond acceptors (Lipinski definition) is 4. The van der Waals surface area contributed by atoms with Gasteiger partial charge in [0.05, 0.1) is 6.54 Å². The van der Waals surface area contributed by atoms with Gasteiger partial charge >= 0.3 is 6.03 Å². The Morgan fingerprint density at radius 1 is 1.17 bits per heavy atom. The van der Waals surface area contributed by atoms with Crippen LogP contribution in [0.2, 0.25) is 0 Å². The third-order valence-electron chi connectivity index (χ3n) is 3.56. The Hall–Kier alpha value is -2.18. The molecule has 1 heterocycles. The lowest BCUT2D eigenvalue weighted by atomic mass is 10.2. The Morgan fingerprint density at radius 3 is 2.57 bits per heavy atom. The zero-order valence-electron chi connectivity index (χ0n) is 13.3. The first-order chi connectivity index (χ1) is 11.1. The van der Waals surface area contributed by atoms with Crippen molar-refractivity contribution in [3.63, 3.8) is 0 Å². The molecule has 3 amide bonds. The number of likely N-dealkylation sites (N-methyl/N-ethyl adjacent to an activating group) is 1. The summed E-state index contributed by atoms with van der Waals surface area (Å²) in [6.45, 7) is 2.59. The molecule has 0 aliphatic carbocycles. The maximum Gasteiger partial charge on any atom is 0.321 e. The number of carbonyl (C=O) groups is 2. The highest BCUT2D eigenvalue weighted by molar-refractivity contribution is 7.10. The summed E-state index contributed by atoms with van der Waals surface area (Å²) < 4.78 is 0. The van der Waals surface area contributed by atoms with Crippen molar-refractivity contribution >= 4 is 23.3 Å². The smallest absolute Gasteiger partial charge is 0.321 e. The van der Waals surface area contributed by atoms with Crippen molar-refractivity contribution in [2.24, 2.45) is 0 Å². The van der Waals surface area contributed by atoms with Crippen molar-refractivity contribution in [2.45, 2.75) is 19.5 Å². The molecule has 0 spiro atoms. The van der Waals surface area contributed by atoms with Crippen molar-refractivity contribution < 1.29 is 9.59 Å². The third kappa shape index (κ3) is 5.50. The molecule has 5 nitrogen and oxygen atoms in total. The van der Waals surface area contributed by atoms with Crippen LogP contribution in [0.3, 0.4) is 0 Å². The fourth-order valence-electron chi connectivity index (χ4n) is 2.10. The topological polar surface area (TPSA) is 61.4 Å². The minimum Gasteiger partial charge on any atom is -0.334 e. The molecule has 0 aliphatic rings. The van der Waals surface area contributed by atoms with Crippen molar-refractivity contribution in [1.29, 1.82) is 0 Å². The fraction of sp³-hybridized carbons (Fsp3) is 0.294. The highest BCUT2D eigenvalue weighted by Gasteiger charge is 2.16. The van der Waals surface area contributed by atoms with Gasteiger partial charge in [0, 0.05) is 17.5 Å². The van der Waals surface area contributed by atoms with Gasteiger partial charge in [0.2, 0.25) is 5.91 Å². The number of amides is 3. The average Bonchev–Trinajstić information content (AvgIpc) is 3.07. The van der Waals surface area contributed by atoms with Crippen LogP contribution < -0.4 is 10.6 Å². The van der Waals surface area contributed by atoms with E-state index >= 15 is 0 Å². The predicted octanol–water partition coefficient (Wildman–Crippen LogP) is 2.77. The lowest BCUT2D eigenvalue weighted by molar-refractivity contribution is -0.121. The Bertz CT molecular complexity index is 629. The van der Waals surface area contributed by atoms with Crippen molar-refractivity contribution in [3.8, 4) is 0 Å². The molecule has 0 saturated carbocycles. The maximum atomic E-state index is 11.9. The molecule has 2 N–H and O–H groups in total. The number of rotatable bonds is 6. The first-order valence-electron chi connectivity index (χ1n) is 7.41. The Kier molecular flexibility index (Phi) is 6.31. The predicted molar refractivity (Wildman–Crippen MR) is 92.2 cm³/mol. The molecule has 122 valence electrons. The highest BCUT2D eigenvalue weighted by Crippen LogP contribution is 2.22. The second-order valence-corrected chi connectivity index (χ2v) is 6.30. The van der Waals surface area contributed by atoms with E-state index in [2.05, 4.69) is 10.6 Å². The van der Waals surface area contributed by atoms with Crippen LogP contribution in [-0.4, -0.2) is 30.4 Å². The van der Waals surface area contributed by atoms with Crippen molar-refractivity contribution in [2.75, 3.05) is 13.6 Å². The molecule has 0 saturated heterocycles. The summed E-state index contributed by atoms with van der Waals surface area (Å²) in [5.74, 6) is -0.318. The van der Waals surface area contributed by atoms with Crippen LogP contribution in [0.4, 0.5) is 4.79 Å². The molecule has 1 aromatic heterocycles. The molecule has 0 aliphatic heterocycles. The van der Waals surface area contributed by atoms with Crippen LogP contribution in [0.25, 0.3) is 0 Å². The second kappa shape index (κ2) is 8.45. The monoisotopic (exact) mass is 331 g/mol. The number of hydrogen-bond donors (Lipinski definition) is 2.